The fourth-order valence-corrected chi connectivity index (χ4v) is 4.07. The van der Waals surface area contributed by atoms with E-state index in [1.165, 1.54) is 51.6 Å². The topological polar surface area (TPSA) is 3.24 Å². The maximum atomic E-state index is 2.81. The van der Waals surface area contributed by atoms with Crippen LogP contribution in [0.4, 0.5) is 0 Å². The molecule has 1 unspecified atom stereocenters. The van der Waals surface area contributed by atoms with E-state index in [-0.39, 0.29) is 0 Å². The van der Waals surface area contributed by atoms with Crippen LogP contribution in [0.5, 0.6) is 0 Å². The number of benzene rings is 1. The Morgan fingerprint density at radius 1 is 1.06 bits per heavy atom. The second-order valence-corrected chi connectivity index (χ2v) is 6.30. The highest BCUT2D eigenvalue weighted by Gasteiger charge is 2.41. The van der Waals surface area contributed by atoms with E-state index < -0.39 is 0 Å². The Hall–Kier alpha value is -0.820. The molecule has 0 bridgehead atoms. The van der Waals surface area contributed by atoms with Gasteiger partial charge in [-0.05, 0) is 43.7 Å². The van der Waals surface area contributed by atoms with Crippen LogP contribution in [0, 0.1) is 5.92 Å². The van der Waals surface area contributed by atoms with Crippen molar-refractivity contribution in [3.8, 4) is 0 Å². The summed E-state index contributed by atoms with van der Waals surface area (Å²) in [4.78, 5) is 2.81. The SMILES string of the molecule is CC1CCCN(C2(c3ccccc3)CCCC2)C1. The third-order valence-corrected chi connectivity index (χ3v) is 5.00. The summed E-state index contributed by atoms with van der Waals surface area (Å²) >= 11 is 0. The van der Waals surface area contributed by atoms with Crippen LogP contribution in [0.2, 0.25) is 0 Å². The van der Waals surface area contributed by atoms with E-state index >= 15 is 0 Å². The molecule has 1 saturated carbocycles. The van der Waals surface area contributed by atoms with Gasteiger partial charge in [-0.3, -0.25) is 4.90 Å². The molecular formula is C17H25N. The molecule has 1 atom stereocenters. The van der Waals surface area contributed by atoms with Crippen molar-refractivity contribution in [3.05, 3.63) is 35.9 Å². The third-order valence-electron chi connectivity index (χ3n) is 5.00. The van der Waals surface area contributed by atoms with Crippen LogP contribution in [0.1, 0.15) is 51.0 Å². The molecule has 1 heterocycles. The van der Waals surface area contributed by atoms with Gasteiger partial charge in [0, 0.05) is 12.1 Å². The lowest BCUT2D eigenvalue weighted by Gasteiger charge is -2.45. The lowest BCUT2D eigenvalue weighted by molar-refractivity contribution is 0.0471. The first-order valence-corrected chi connectivity index (χ1v) is 7.62. The van der Waals surface area contributed by atoms with Gasteiger partial charge in [0.15, 0.2) is 0 Å². The summed E-state index contributed by atoms with van der Waals surface area (Å²) in [5.41, 5.74) is 1.94. The molecule has 18 heavy (non-hydrogen) atoms. The van der Waals surface area contributed by atoms with Crippen molar-refractivity contribution in [1.82, 2.24) is 4.90 Å². The largest absolute Gasteiger partial charge is 0.293 e. The molecular weight excluding hydrogens is 218 g/mol. The van der Waals surface area contributed by atoms with Crippen molar-refractivity contribution in [3.63, 3.8) is 0 Å². The molecule has 1 nitrogen and oxygen atoms in total. The van der Waals surface area contributed by atoms with Gasteiger partial charge in [-0.25, -0.2) is 0 Å². The maximum Gasteiger partial charge on any atom is 0.0460 e. The van der Waals surface area contributed by atoms with Crippen LogP contribution in [-0.2, 0) is 5.54 Å². The summed E-state index contributed by atoms with van der Waals surface area (Å²) < 4.78 is 0. The Balaban J connectivity index is 1.91. The predicted molar refractivity (Wildman–Crippen MR) is 76.6 cm³/mol. The van der Waals surface area contributed by atoms with E-state index in [9.17, 15) is 0 Å². The standard InChI is InChI=1S/C17H25N/c1-15-8-7-13-18(14-15)17(11-5-6-12-17)16-9-3-2-4-10-16/h2-4,9-10,15H,5-8,11-14H2,1H3. The number of hydrogen-bond acceptors (Lipinski definition) is 1. The van der Waals surface area contributed by atoms with Gasteiger partial charge in [0.1, 0.15) is 0 Å². The van der Waals surface area contributed by atoms with Crippen LogP contribution < -0.4 is 0 Å². The number of likely N-dealkylation sites (tertiary alicyclic amines) is 1. The molecule has 98 valence electrons. The number of rotatable bonds is 2. The van der Waals surface area contributed by atoms with Crippen molar-refractivity contribution in [2.24, 2.45) is 5.92 Å². The fourth-order valence-electron chi connectivity index (χ4n) is 4.07. The van der Waals surface area contributed by atoms with Crippen LogP contribution in [0.25, 0.3) is 0 Å². The Bertz CT molecular complexity index is 378. The van der Waals surface area contributed by atoms with Gasteiger partial charge in [-0.15, -0.1) is 0 Å². The summed E-state index contributed by atoms with van der Waals surface area (Å²) in [5.74, 6) is 0.875. The monoisotopic (exact) mass is 243 g/mol. The highest BCUT2D eigenvalue weighted by atomic mass is 15.2. The molecule has 1 saturated heterocycles. The Labute approximate surface area is 111 Å². The highest BCUT2D eigenvalue weighted by molar-refractivity contribution is 5.26. The van der Waals surface area contributed by atoms with Gasteiger partial charge in [-0.2, -0.15) is 0 Å². The summed E-state index contributed by atoms with van der Waals surface area (Å²) in [6.45, 7) is 5.02. The molecule has 2 fully saturated rings. The van der Waals surface area contributed by atoms with E-state index in [0.717, 1.165) is 5.92 Å². The number of piperidine rings is 1. The number of hydrogen-bond donors (Lipinski definition) is 0. The van der Waals surface area contributed by atoms with E-state index in [1.54, 1.807) is 5.56 Å². The van der Waals surface area contributed by atoms with Gasteiger partial charge in [-0.1, -0.05) is 50.1 Å². The Morgan fingerprint density at radius 3 is 2.44 bits per heavy atom. The molecule has 1 heteroatoms. The van der Waals surface area contributed by atoms with Crippen molar-refractivity contribution in [2.45, 2.75) is 51.0 Å². The first-order chi connectivity index (χ1) is 8.81. The molecule has 1 aromatic carbocycles. The molecule has 2 aliphatic rings. The van der Waals surface area contributed by atoms with Gasteiger partial charge >= 0.3 is 0 Å². The van der Waals surface area contributed by atoms with Crippen LogP contribution >= 0.6 is 0 Å². The first kappa shape index (κ1) is 12.2. The molecule has 0 aromatic heterocycles. The second kappa shape index (κ2) is 5.05. The lowest BCUT2D eigenvalue weighted by atomic mass is 9.83. The Kier molecular flexibility index (Phi) is 3.43. The zero-order valence-corrected chi connectivity index (χ0v) is 11.6. The molecule has 3 rings (SSSR count). The molecule has 1 aromatic rings. The average molecular weight is 243 g/mol. The predicted octanol–water partition coefficient (Wildman–Crippen LogP) is 4.19. The average Bonchev–Trinajstić information content (AvgIpc) is 2.90. The van der Waals surface area contributed by atoms with Gasteiger partial charge in [0.05, 0.1) is 0 Å². The minimum atomic E-state index is 0.371. The second-order valence-electron chi connectivity index (χ2n) is 6.30. The summed E-state index contributed by atoms with van der Waals surface area (Å²) in [7, 11) is 0. The van der Waals surface area contributed by atoms with Crippen LogP contribution in [0.3, 0.4) is 0 Å². The summed E-state index contributed by atoms with van der Waals surface area (Å²) in [5, 5.41) is 0. The van der Waals surface area contributed by atoms with E-state index in [4.69, 9.17) is 0 Å². The van der Waals surface area contributed by atoms with Crippen LogP contribution in [0.15, 0.2) is 30.3 Å². The van der Waals surface area contributed by atoms with Crippen molar-refractivity contribution in [2.75, 3.05) is 13.1 Å². The molecule has 0 N–H and O–H groups in total. The van der Waals surface area contributed by atoms with E-state index in [0.29, 0.717) is 5.54 Å². The number of nitrogens with zero attached hydrogens (tertiary/aromatic N) is 1. The zero-order chi connectivity index (χ0) is 12.4. The fraction of sp³-hybridized carbons (Fsp3) is 0.647. The Morgan fingerprint density at radius 2 is 1.78 bits per heavy atom. The first-order valence-electron chi connectivity index (χ1n) is 7.62. The van der Waals surface area contributed by atoms with Crippen molar-refractivity contribution in [1.29, 1.82) is 0 Å². The van der Waals surface area contributed by atoms with Crippen molar-refractivity contribution < 1.29 is 0 Å². The van der Waals surface area contributed by atoms with E-state index in [2.05, 4.69) is 42.2 Å². The lowest BCUT2D eigenvalue weighted by Crippen LogP contribution is -2.48. The van der Waals surface area contributed by atoms with Gasteiger partial charge < -0.3 is 0 Å². The third kappa shape index (κ3) is 2.09. The normalized spacial score (nSPS) is 28.4. The minimum Gasteiger partial charge on any atom is -0.293 e. The van der Waals surface area contributed by atoms with Gasteiger partial charge in [0.2, 0.25) is 0 Å². The van der Waals surface area contributed by atoms with Crippen molar-refractivity contribution >= 4 is 0 Å². The van der Waals surface area contributed by atoms with Gasteiger partial charge in [0.25, 0.3) is 0 Å². The highest BCUT2D eigenvalue weighted by Crippen LogP contribution is 2.45. The smallest absolute Gasteiger partial charge is 0.0460 e. The molecule has 0 radical (unpaired) electrons. The zero-order valence-electron chi connectivity index (χ0n) is 11.6. The minimum absolute atomic E-state index is 0.371. The summed E-state index contributed by atoms with van der Waals surface area (Å²) in [6, 6.07) is 11.3. The quantitative estimate of drug-likeness (QED) is 0.753. The van der Waals surface area contributed by atoms with Crippen LogP contribution in [-0.4, -0.2) is 18.0 Å². The molecule has 0 spiro atoms. The van der Waals surface area contributed by atoms with E-state index in [1.807, 2.05) is 0 Å². The molecule has 1 aliphatic heterocycles. The molecule has 0 amide bonds. The molecule has 1 aliphatic carbocycles. The maximum absolute atomic E-state index is 2.81. The summed E-state index contributed by atoms with van der Waals surface area (Å²) in [6.07, 6.45) is 8.34.